The van der Waals surface area contributed by atoms with E-state index in [1.54, 1.807) is 19.2 Å². The van der Waals surface area contributed by atoms with E-state index in [4.69, 9.17) is 9.84 Å². The van der Waals surface area contributed by atoms with Crippen LogP contribution >= 0.6 is 15.9 Å². The molecule has 1 aromatic rings. The van der Waals surface area contributed by atoms with Crippen molar-refractivity contribution in [3.8, 4) is 5.75 Å². The summed E-state index contributed by atoms with van der Waals surface area (Å²) in [5.41, 5.74) is 0.590. The minimum atomic E-state index is -0.824. The summed E-state index contributed by atoms with van der Waals surface area (Å²) in [6, 6.07) is 5.55. The number of likely N-dealkylation sites (N-methyl/N-ethyl adjacent to an activating group) is 1. The van der Waals surface area contributed by atoms with Gasteiger partial charge >= 0.3 is 5.97 Å². The van der Waals surface area contributed by atoms with Gasteiger partial charge in [0.25, 0.3) is 5.91 Å². The van der Waals surface area contributed by atoms with Gasteiger partial charge in [-0.3, -0.25) is 14.5 Å². The molecular weight excluding hydrogens is 376 g/mol. The fraction of sp³-hybridized carbons (Fsp3) is 0.529. The summed E-state index contributed by atoms with van der Waals surface area (Å²) in [6.07, 6.45) is 2.53. The lowest BCUT2D eigenvalue weighted by molar-refractivity contribution is -0.138. The van der Waals surface area contributed by atoms with E-state index in [2.05, 4.69) is 15.9 Å². The van der Waals surface area contributed by atoms with Crippen LogP contribution in [0.15, 0.2) is 22.7 Å². The van der Waals surface area contributed by atoms with Crippen molar-refractivity contribution in [2.45, 2.75) is 25.3 Å². The van der Waals surface area contributed by atoms with Crippen LogP contribution in [0.3, 0.4) is 0 Å². The molecule has 0 saturated carbocycles. The average molecular weight is 399 g/mol. The van der Waals surface area contributed by atoms with Crippen molar-refractivity contribution >= 4 is 27.8 Å². The van der Waals surface area contributed by atoms with Crippen molar-refractivity contribution in [1.82, 2.24) is 9.80 Å². The molecule has 0 aromatic heterocycles. The van der Waals surface area contributed by atoms with Gasteiger partial charge in [-0.25, -0.2) is 0 Å². The van der Waals surface area contributed by atoms with E-state index >= 15 is 0 Å². The van der Waals surface area contributed by atoms with Crippen LogP contribution in [0.2, 0.25) is 0 Å². The second-order valence-electron chi connectivity index (χ2n) is 6.03. The average Bonchev–Trinajstić information content (AvgIpc) is 2.80. The highest BCUT2D eigenvalue weighted by molar-refractivity contribution is 9.10. The molecule has 1 atom stereocenters. The Bertz CT molecular complexity index is 608. The number of amides is 1. The largest absolute Gasteiger partial charge is 0.497 e. The van der Waals surface area contributed by atoms with E-state index in [9.17, 15) is 9.59 Å². The molecule has 24 heavy (non-hydrogen) atoms. The number of benzene rings is 1. The smallest absolute Gasteiger partial charge is 0.317 e. The summed E-state index contributed by atoms with van der Waals surface area (Å²) in [5.74, 6) is -0.201. The lowest BCUT2D eigenvalue weighted by Crippen LogP contribution is -2.37. The van der Waals surface area contributed by atoms with Crippen LogP contribution in [0, 0.1) is 0 Å². The predicted molar refractivity (Wildman–Crippen MR) is 94.5 cm³/mol. The normalized spacial score (nSPS) is 18.3. The van der Waals surface area contributed by atoms with Crippen molar-refractivity contribution in [2.24, 2.45) is 0 Å². The topological polar surface area (TPSA) is 70.1 Å². The van der Waals surface area contributed by atoms with Gasteiger partial charge in [0.05, 0.1) is 19.2 Å². The van der Waals surface area contributed by atoms with E-state index < -0.39 is 5.97 Å². The van der Waals surface area contributed by atoms with Crippen molar-refractivity contribution in [2.75, 3.05) is 33.8 Å². The lowest BCUT2D eigenvalue weighted by Gasteiger charge is -2.25. The Morgan fingerprint density at radius 2 is 2.12 bits per heavy atom. The summed E-state index contributed by atoms with van der Waals surface area (Å²) in [7, 11) is 3.40. The van der Waals surface area contributed by atoms with Gasteiger partial charge in [-0.2, -0.15) is 0 Å². The molecule has 1 saturated heterocycles. The third-order valence-corrected chi connectivity index (χ3v) is 5.09. The summed E-state index contributed by atoms with van der Waals surface area (Å²) >= 11 is 3.43. The van der Waals surface area contributed by atoms with E-state index in [-0.39, 0.29) is 18.5 Å². The summed E-state index contributed by atoms with van der Waals surface area (Å²) in [4.78, 5) is 27.4. The van der Waals surface area contributed by atoms with Gasteiger partial charge < -0.3 is 14.7 Å². The number of carbonyl (C=O) groups is 2. The molecule has 1 amide bonds. The van der Waals surface area contributed by atoms with Crippen molar-refractivity contribution < 1.29 is 19.4 Å². The van der Waals surface area contributed by atoms with Crippen LogP contribution in [0.1, 0.15) is 29.6 Å². The highest BCUT2D eigenvalue weighted by Crippen LogP contribution is 2.25. The number of carbonyl (C=O) groups excluding carboxylic acids is 1. The van der Waals surface area contributed by atoms with Gasteiger partial charge in [-0.15, -0.1) is 0 Å². The SMILES string of the molecule is COc1ccc(Br)c(C(=O)N2CCCC(N(C)CC(=O)O)CC2)c1. The van der Waals surface area contributed by atoms with Crippen LogP contribution in [-0.2, 0) is 4.79 Å². The molecular formula is C17H23BrN2O4. The van der Waals surface area contributed by atoms with E-state index in [0.29, 0.717) is 24.4 Å². The zero-order chi connectivity index (χ0) is 17.7. The van der Waals surface area contributed by atoms with Crippen LogP contribution in [-0.4, -0.2) is 66.6 Å². The number of ether oxygens (including phenoxy) is 1. The zero-order valence-electron chi connectivity index (χ0n) is 14.0. The van der Waals surface area contributed by atoms with Crippen LogP contribution in [0.4, 0.5) is 0 Å². The number of carboxylic acids is 1. The number of halogens is 1. The molecule has 1 unspecified atom stereocenters. The zero-order valence-corrected chi connectivity index (χ0v) is 15.6. The molecule has 1 N–H and O–H groups in total. The van der Waals surface area contributed by atoms with E-state index in [0.717, 1.165) is 23.7 Å². The molecule has 7 heteroatoms. The second-order valence-corrected chi connectivity index (χ2v) is 6.89. The molecule has 1 aromatic carbocycles. The van der Waals surface area contributed by atoms with Gasteiger partial charge in [-0.05, 0) is 60.4 Å². The maximum Gasteiger partial charge on any atom is 0.317 e. The molecule has 6 nitrogen and oxygen atoms in total. The maximum atomic E-state index is 12.8. The molecule has 2 rings (SSSR count). The van der Waals surface area contributed by atoms with Crippen molar-refractivity contribution in [1.29, 1.82) is 0 Å². The van der Waals surface area contributed by atoms with Crippen LogP contribution < -0.4 is 4.74 Å². The molecule has 1 aliphatic rings. The monoisotopic (exact) mass is 398 g/mol. The fourth-order valence-electron chi connectivity index (χ4n) is 3.03. The van der Waals surface area contributed by atoms with Gasteiger partial charge in [0.1, 0.15) is 5.75 Å². The minimum absolute atomic E-state index is 0.0256. The van der Waals surface area contributed by atoms with Gasteiger partial charge in [0.15, 0.2) is 0 Å². The van der Waals surface area contributed by atoms with Crippen molar-refractivity contribution in [3.63, 3.8) is 0 Å². The number of carboxylic acid groups (broad SMARTS) is 1. The standard InChI is InChI=1S/C17H23BrN2O4/c1-19(11-16(21)22)12-4-3-8-20(9-7-12)17(23)14-10-13(24-2)5-6-15(14)18/h5-6,10,12H,3-4,7-9,11H2,1-2H3,(H,21,22). The maximum absolute atomic E-state index is 12.8. The van der Waals surface area contributed by atoms with E-state index in [1.807, 2.05) is 22.9 Å². The summed E-state index contributed by atoms with van der Waals surface area (Å²) in [5, 5.41) is 8.93. The third kappa shape index (κ3) is 4.70. The molecule has 0 spiro atoms. The van der Waals surface area contributed by atoms with Crippen LogP contribution in [0.5, 0.6) is 5.75 Å². The second kappa shape index (κ2) is 8.48. The first-order valence-corrected chi connectivity index (χ1v) is 8.76. The molecule has 0 radical (unpaired) electrons. The highest BCUT2D eigenvalue weighted by atomic mass is 79.9. The summed E-state index contributed by atoms with van der Waals surface area (Å²) in [6.45, 7) is 1.33. The molecule has 1 heterocycles. The first-order valence-electron chi connectivity index (χ1n) is 7.97. The predicted octanol–water partition coefficient (Wildman–Crippen LogP) is 2.47. The first kappa shape index (κ1) is 18.7. The summed E-state index contributed by atoms with van der Waals surface area (Å²) < 4.78 is 5.95. The number of methoxy groups -OCH3 is 1. The number of nitrogens with zero attached hydrogens (tertiary/aromatic N) is 2. The van der Waals surface area contributed by atoms with Gasteiger partial charge in [0.2, 0.25) is 0 Å². The Labute approximate surface area is 150 Å². The lowest BCUT2D eigenvalue weighted by atomic mass is 10.1. The number of aliphatic carboxylic acids is 1. The Morgan fingerprint density at radius 1 is 1.38 bits per heavy atom. The molecule has 0 bridgehead atoms. The Morgan fingerprint density at radius 3 is 2.79 bits per heavy atom. The quantitative estimate of drug-likeness (QED) is 0.824. The number of hydrogen-bond acceptors (Lipinski definition) is 4. The minimum Gasteiger partial charge on any atom is -0.497 e. The third-order valence-electron chi connectivity index (χ3n) is 4.40. The molecule has 1 fully saturated rings. The van der Waals surface area contributed by atoms with Crippen LogP contribution in [0.25, 0.3) is 0 Å². The molecule has 1 aliphatic heterocycles. The Hall–Kier alpha value is -1.60. The van der Waals surface area contributed by atoms with Crippen molar-refractivity contribution in [3.05, 3.63) is 28.2 Å². The fourth-order valence-corrected chi connectivity index (χ4v) is 3.45. The molecule has 132 valence electrons. The Balaban J connectivity index is 2.05. The highest BCUT2D eigenvalue weighted by Gasteiger charge is 2.25. The number of likely N-dealkylation sites (tertiary alicyclic amines) is 1. The van der Waals surface area contributed by atoms with Gasteiger partial charge in [-0.1, -0.05) is 0 Å². The number of rotatable bonds is 5. The molecule has 0 aliphatic carbocycles. The number of hydrogen-bond donors (Lipinski definition) is 1. The Kier molecular flexibility index (Phi) is 6.62. The van der Waals surface area contributed by atoms with E-state index in [1.165, 1.54) is 0 Å². The first-order chi connectivity index (χ1) is 11.4. The van der Waals surface area contributed by atoms with Gasteiger partial charge in [0, 0.05) is 23.6 Å².